The van der Waals surface area contributed by atoms with Crippen molar-refractivity contribution >= 4 is 29.4 Å². The molecule has 1 aliphatic carbocycles. The Morgan fingerprint density at radius 1 is 0.898 bits per heavy atom. The number of piperazine rings is 1. The summed E-state index contributed by atoms with van der Waals surface area (Å²) in [7, 11) is 2.07. The van der Waals surface area contributed by atoms with E-state index in [-0.39, 0.29) is 18.0 Å². The second kappa shape index (κ2) is 14.9. The van der Waals surface area contributed by atoms with Crippen molar-refractivity contribution in [2.24, 2.45) is 0 Å². The van der Waals surface area contributed by atoms with E-state index in [1.165, 1.54) is 32.1 Å². The predicted octanol–water partition coefficient (Wildman–Crippen LogP) is 4.90. The Hall–Kier alpha value is -3.99. The number of likely N-dealkylation sites (N-methyl/N-ethyl adjacent to an activating group) is 1. The fourth-order valence-electron chi connectivity index (χ4n) is 8.59. The van der Waals surface area contributed by atoms with Crippen LogP contribution in [0.2, 0.25) is 0 Å². The summed E-state index contributed by atoms with van der Waals surface area (Å²) in [5, 5.41) is 3.07. The average molecular weight is 673 g/mol. The number of carbonyl (C=O) groups excluding carboxylic acids is 3. The van der Waals surface area contributed by atoms with E-state index >= 15 is 0 Å². The molecular formula is C38H52N6O5. The molecule has 11 nitrogen and oxygen atoms in total. The fourth-order valence-corrected chi connectivity index (χ4v) is 8.59. The van der Waals surface area contributed by atoms with Crippen LogP contribution in [0.3, 0.4) is 0 Å². The molecule has 4 amide bonds. The van der Waals surface area contributed by atoms with Crippen LogP contribution >= 0.6 is 0 Å². The molecule has 2 aromatic rings. The minimum Gasteiger partial charge on any atom is -0.490 e. The monoisotopic (exact) mass is 672 g/mol. The molecule has 0 aromatic heterocycles. The van der Waals surface area contributed by atoms with Crippen LogP contribution in [0.5, 0.6) is 5.75 Å². The minimum absolute atomic E-state index is 0.0350. The van der Waals surface area contributed by atoms with Gasteiger partial charge in [-0.05, 0) is 67.9 Å². The normalized spacial score (nSPS) is 21.6. The smallest absolute Gasteiger partial charge is 0.410 e. The lowest BCUT2D eigenvalue weighted by Crippen LogP contribution is -2.55. The van der Waals surface area contributed by atoms with Gasteiger partial charge in [-0.15, -0.1) is 0 Å². The van der Waals surface area contributed by atoms with Gasteiger partial charge in [0.15, 0.2) is 6.10 Å². The molecule has 1 N–H and O–H groups in total. The third-order valence-electron chi connectivity index (χ3n) is 11.4. The Kier molecular flexibility index (Phi) is 10.2. The summed E-state index contributed by atoms with van der Waals surface area (Å²) in [6, 6.07) is 12.6. The lowest BCUT2D eigenvalue weighted by atomic mass is 9.94. The highest BCUT2D eigenvalue weighted by Crippen LogP contribution is 2.36. The van der Waals surface area contributed by atoms with Crippen molar-refractivity contribution in [3.05, 3.63) is 53.1 Å². The molecule has 1 unspecified atom stereocenters. The number of nitrogens with zero attached hydrogens (tertiary/aromatic N) is 5. The van der Waals surface area contributed by atoms with Gasteiger partial charge >= 0.3 is 12.1 Å². The molecule has 0 spiro atoms. The topological polar surface area (TPSA) is 97.9 Å². The van der Waals surface area contributed by atoms with E-state index in [2.05, 4.69) is 41.2 Å². The Bertz CT molecular complexity index is 1510. The van der Waals surface area contributed by atoms with E-state index in [1.807, 2.05) is 34.1 Å². The molecule has 264 valence electrons. The summed E-state index contributed by atoms with van der Waals surface area (Å²) in [6.45, 7) is 8.09. The van der Waals surface area contributed by atoms with Crippen LogP contribution in [0.25, 0.3) is 0 Å². The maximum Gasteiger partial charge on any atom is 0.410 e. The predicted molar refractivity (Wildman–Crippen MR) is 189 cm³/mol. The molecule has 4 heterocycles. The average Bonchev–Trinajstić information content (AvgIpc) is 3.29. The Balaban J connectivity index is 1.01. The van der Waals surface area contributed by atoms with Crippen LogP contribution in [0, 0.1) is 6.92 Å². The van der Waals surface area contributed by atoms with Crippen molar-refractivity contribution in [2.45, 2.75) is 82.9 Å². The van der Waals surface area contributed by atoms with Gasteiger partial charge < -0.3 is 34.4 Å². The van der Waals surface area contributed by atoms with E-state index < -0.39 is 12.2 Å². The van der Waals surface area contributed by atoms with Crippen molar-refractivity contribution in [3.8, 4) is 5.75 Å². The zero-order valence-electron chi connectivity index (χ0n) is 29.2. The maximum atomic E-state index is 14.2. The lowest BCUT2D eigenvalue weighted by molar-refractivity contribution is -0.143. The second-order valence-corrected chi connectivity index (χ2v) is 14.5. The number of amides is 4. The molecule has 4 aliphatic heterocycles. The van der Waals surface area contributed by atoms with Crippen molar-refractivity contribution < 1.29 is 23.9 Å². The van der Waals surface area contributed by atoms with Gasteiger partial charge in [0.05, 0.1) is 12.2 Å². The first-order valence-corrected chi connectivity index (χ1v) is 18.5. The summed E-state index contributed by atoms with van der Waals surface area (Å²) in [5.74, 6) is 0.686. The number of nitrogens with one attached hydrogen (secondary N) is 1. The van der Waals surface area contributed by atoms with Gasteiger partial charge in [-0.25, -0.2) is 9.59 Å². The number of hydrogen-bond acceptors (Lipinski definition) is 7. The van der Waals surface area contributed by atoms with Crippen molar-refractivity contribution in [1.82, 2.24) is 19.6 Å². The molecule has 2 saturated heterocycles. The third-order valence-corrected chi connectivity index (χ3v) is 11.4. The summed E-state index contributed by atoms with van der Waals surface area (Å²) in [4.78, 5) is 51.3. The summed E-state index contributed by atoms with van der Waals surface area (Å²) < 4.78 is 12.2. The molecule has 2 aromatic carbocycles. The number of benzene rings is 2. The highest BCUT2D eigenvalue weighted by Gasteiger charge is 2.36. The number of anilines is 2. The van der Waals surface area contributed by atoms with Crippen molar-refractivity contribution in [3.63, 3.8) is 0 Å². The number of ether oxygens (including phenoxy) is 2. The molecule has 0 radical (unpaired) electrons. The third kappa shape index (κ3) is 7.46. The molecule has 1 atom stereocenters. The number of likely N-dealkylation sites (tertiary alicyclic amines) is 1. The van der Waals surface area contributed by atoms with Gasteiger partial charge in [-0.2, -0.15) is 0 Å². The Labute approximate surface area is 290 Å². The van der Waals surface area contributed by atoms with Gasteiger partial charge in [0, 0.05) is 77.1 Å². The van der Waals surface area contributed by atoms with Crippen LogP contribution < -0.4 is 15.0 Å². The SMILES string of the molecule is Cc1cc(CC(OC(=O)N2CCC(N3CCc4ccccc4NC3=O)CC2)C(=O)N2CCN(C3CCCCC3)CC2)cc2c1N(C)CCO2. The maximum absolute atomic E-state index is 14.2. The number of hydrogen-bond donors (Lipinski definition) is 1. The Morgan fingerprint density at radius 3 is 2.43 bits per heavy atom. The zero-order chi connectivity index (χ0) is 33.9. The van der Waals surface area contributed by atoms with Crippen LogP contribution in [0.1, 0.15) is 61.6 Å². The summed E-state index contributed by atoms with van der Waals surface area (Å²) >= 11 is 0. The van der Waals surface area contributed by atoms with Crippen molar-refractivity contribution in [1.29, 1.82) is 0 Å². The molecule has 3 fully saturated rings. The van der Waals surface area contributed by atoms with Crippen LogP contribution in [0.4, 0.5) is 21.0 Å². The van der Waals surface area contributed by atoms with E-state index in [1.54, 1.807) is 4.90 Å². The van der Waals surface area contributed by atoms with E-state index in [9.17, 15) is 14.4 Å². The zero-order valence-corrected chi connectivity index (χ0v) is 29.2. The molecule has 5 aliphatic rings. The molecule has 0 bridgehead atoms. The van der Waals surface area contributed by atoms with Gasteiger partial charge in [-0.1, -0.05) is 43.5 Å². The first kappa shape index (κ1) is 33.5. The van der Waals surface area contributed by atoms with Gasteiger partial charge in [0.25, 0.3) is 5.91 Å². The molecule has 11 heteroatoms. The summed E-state index contributed by atoms with van der Waals surface area (Å²) in [5.41, 5.74) is 5.08. The molecular weight excluding hydrogens is 620 g/mol. The number of fused-ring (bicyclic) bond motifs is 2. The van der Waals surface area contributed by atoms with Gasteiger partial charge in [0.2, 0.25) is 0 Å². The first-order valence-electron chi connectivity index (χ1n) is 18.5. The Morgan fingerprint density at radius 2 is 1.65 bits per heavy atom. The minimum atomic E-state index is -0.930. The number of piperidine rings is 1. The van der Waals surface area contributed by atoms with Gasteiger partial charge in [0.1, 0.15) is 12.4 Å². The van der Waals surface area contributed by atoms with Crippen molar-refractivity contribution in [2.75, 3.05) is 76.2 Å². The first-order chi connectivity index (χ1) is 23.8. The number of rotatable bonds is 6. The van der Waals surface area contributed by atoms with Crippen LogP contribution in [-0.4, -0.2) is 122 Å². The largest absolute Gasteiger partial charge is 0.490 e. The second-order valence-electron chi connectivity index (χ2n) is 14.5. The van der Waals surface area contributed by atoms with Gasteiger partial charge in [-0.3, -0.25) is 9.69 Å². The lowest BCUT2D eigenvalue weighted by Gasteiger charge is -2.41. The highest BCUT2D eigenvalue weighted by atomic mass is 16.6. The highest BCUT2D eigenvalue weighted by molar-refractivity contribution is 5.91. The van der Waals surface area contributed by atoms with Crippen LogP contribution in [0.15, 0.2) is 36.4 Å². The molecule has 49 heavy (non-hydrogen) atoms. The standard InChI is InChI=1S/C38H52N6O5/c1-27-24-28(25-33-35(27)40(2)22-23-48-33)26-34(36(45)42-20-18-41(19-21-42)30-9-4-3-5-10-30)49-38(47)43-15-13-31(14-16-43)44-17-12-29-8-6-7-11-32(29)39-37(44)46/h6-8,11,24-25,30-31,34H,3-5,9-10,12-23,26H2,1-2H3,(H,39,46). The van der Waals surface area contributed by atoms with E-state index in [4.69, 9.17) is 9.47 Å². The van der Waals surface area contributed by atoms with Crippen LogP contribution in [-0.2, 0) is 22.4 Å². The fraction of sp³-hybridized carbons (Fsp3) is 0.605. The number of carbonyl (C=O) groups is 3. The number of aryl methyl sites for hydroxylation is 1. The van der Waals surface area contributed by atoms with E-state index in [0.29, 0.717) is 64.6 Å². The summed E-state index contributed by atoms with van der Waals surface area (Å²) in [6.07, 6.45) is 7.41. The van der Waals surface area contributed by atoms with E-state index in [0.717, 1.165) is 59.9 Å². The number of para-hydroxylation sites is 1. The molecule has 7 rings (SSSR count). The molecule has 1 saturated carbocycles. The quantitative estimate of drug-likeness (QED) is 0.466. The number of urea groups is 1.